The van der Waals surface area contributed by atoms with Crippen LogP contribution in [0, 0.1) is 6.92 Å². The normalized spacial score (nSPS) is 15.8. The Hall–Kier alpha value is -3.00. The molecule has 29 heavy (non-hydrogen) atoms. The van der Waals surface area contributed by atoms with Gasteiger partial charge in [-0.3, -0.25) is 9.59 Å². The molecule has 2 aromatic rings. The van der Waals surface area contributed by atoms with Crippen LogP contribution in [-0.4, -0.2) is 44.0 Å². The van der Waals surface area contributed by atoms with Crippen LogP contribution in [0.2, 0.25) is 0 Å². The zero-order chi connectivity index (χ0) is 21.1. The van der Waals surface area contributed by atoms with Crippen LogP contribution in [0.4, 0.5) is 20.2 Å². The van der Waals surface area contributed by atoms with Crippen LogP contribution in [0.15, 0.2) is 36.4 Å². The second-order valence-electron chi connectivity index (χ2n) is 7.29. The first-order chi connectivity index (χ1) is 13.7. The fourth-order valence-corrected chi connectivity index (χ4v) is 3.41. The average molecular weight is 403 g/mol. The van der Waals surface area contributed by atoms with Crippen molar-refractivity contribution in [2.45, 2.75) is 25.9 Å². The SMILES string of the molecule is Cc1cc2c(cc1NC(=O)CN(C)C)NC(=O)CC2c1ccc(OC(F)F)cc1. The number of nitrogens with one attached hydrogen (secondary N) is 2. The number of aryl methyl sites for hydroxylation is 1. The highest BCUT2D eigenvalue weighted by molar-refractivity contribution is 5.98. The molecule has 2 amide bonds. The fourth-order valence-electron chi connectivity index (χ4n) is 3.41. The van der Waals surface area contributed by atoms with Gasteiger partial charge in [0.15, 0.2) is 0 Å². The Bertz CT molecular complexity index is 914. The quantitative estimate of drug-likeness (QED) is 0.774. The van der Waals surface area contributed by atoms with Crippen molar-refractivity contribution in [3.63, 3.8) is 0 Å². The van der Waals surface area contributed by atoms with E-state index in [-0.39, 0.29) is 36.4 Å². The molecule has 1 unspecified atom stereocenters. The van der Waals surface area contributed by atoms with E-state index in [4.69, 9.17) is 0 Å². The van der Waals surface area contributed by atoms with Gasteiger partial charge < -0.3 is 20.3 Å². The summed E-state index contributed by atoms with van der Waals surface area (Å²) < 4.78 is 29.1. The molecule has 6 nitrogen and oxygen atoms in total. The number of likely N-dealkylation sites (N-methyl/N-ethyl adjacent to an activating group) is 1. The Morgan fingerprint density at radius 1 is 1.28 bits per heavy atom. The van der Waals surface area contributed by atoms with Crippen molar-refractivity contribution in [3.8, 4) is 5.75 Å². The largest absolute Gasteiger partial charge is 0.435 e. The van der Waals surface area contributed by atoms with Crippen LogP contribution in [0.1, 0.15) is 29.0 Å². The molecule has 0 radical (unpaired) electrons. The molecule has 0 spiro atoms. The first-order valence-electron chi connectivity index (χ1n) is 9.16. The maximum absolute atomic E-state index is 12.4. The number of hydrogen-bond donors (Lipinski definition) is 2. The summed E-state index contributed by atoms with van der Waals surface area (Å²) >= 11 is 0. The van der Waals surface area contributed by atoms with Gasteiger partial charge in [-0.25, -0.2) is 0 Å². The third-order valence-corrected chi connectivity index (χ3v) is 4.68. The van der Waals surface area contributed by atoms with E-state index in [9.17, 15) is 18.4 Å². The highest BCUT2D eigenvalue weighted by Crippen LogP contribution is 2.40. The van der Waals surface area contributed by atoms with Gasteiger partial charge in [0.25, 0.3) is 0 Å². The second kappa shape index (κ2) is 8.57. The number of fused-ring (bicyclic) bond motifs is 1. The number of ether oxygens (including phenoxy) is 1. The van der Waals surface area contributed by atoms with Crippen molar-refractivity contribution >= 4 is 23.2 Å². The number of benzene rings is 2. The minimum absolute atomic E-state index is 0.0689. The molecule has 1 heterocycles. The number of carbonyl (C=O) groups excluding carboxylic acids is 2. The molecule has 0 saturated carbocycles. The number of hydrogen-bond acceptors (Lipinski definition) is 4. The number of alkyl halides is 2. The van der Waals surface area contributed by atoms with Gasteiger partial charge in [0, 0.05) is 23.7 Å². The topological polar surface area (TPSA) is 70.7 Å². The van der Waals surface area contributed by atoms with Crippen LogP contribution in [-0.2, 0) is 9.59 Å². The summed E-state index contributed by atoms with van der Waals surface area (Å²) in [6, 6.07) is 10.0. The minimum Gasteiger partial charge on any atom is -0.435 e. The standard InChI is InChI=1S/C21H23F2N3O3/c1-12-8-16-15(13-4-6-14(7-5-13)29-21(22)23)9-19(27)25-18(16)10-17(12)24-20(28)11-26(2)3/h4-8,10,15,21H,9,11H2,1-3H3,(H,24,28)(H,25,27). The van der Waals surface area contributed by atoms with Crippen LogP contribution in [0.3, 0.4) is 0 Å². The molecular formula is C21H23F2N3O3. The Morgan fingerprint density at radius 2 is 1.97 bits per heavy atom. The van der Waals surface area contributed by atoms with E-state index in [2.05, 4.69) is 15.4 Å². The zero-order valence-corrected chi connectivity index (χ0v) is 16.5. The van der Waals surface area contributed by atoms with Crippen LogP contribution >= 0.6 is 0 Å². The summed E-state index contributed by atoms with van der Waals surface area (Å²) in [6.45, 7) is -0.747. The Kier molecular flexibility index (Phi) is 6.12. The Labute approximate surface area is 167 Å². The summed E-state index contributed by atoms with van der Waals surface area (Å²) in [5.41, 5.74) is 3.87. The van der Waals surface area contributed by atoms with Crippen LogP contribution < -0.4 is 15.4 Å². The number of nitrogens with zero attached hydrogens (tertiary/aromatic N) is 1. The van der Waals surface area contributed by atoms with Gasteiger partial charge in [0.1, 0.15) is 5.75 Å². The summed E-state index contributed by atoms with van der Waals surface area (Å²) in [6.07, 6.45) is 0.244. The monoisotopic (exact) mass is 403 g/mol. The molecular weight excluding hydrogens is 380 g/mol. The summed E-state index contributed by atoms with van der Waals surface area (Å²) in [5, 5.41) is 5.72. The molecule has 8 heteroatoms. The molecule has 1 aliphatic heterocycles. The Balaban J connectivity index is 1.89. The van der Waals surface area contributed by atoms with Crippen molar-refractivity contribution in [1.29, 1.82) is 0 Å². The van der Waals surface area contributed by atoms with Gasteiger partial charge >= 0.3 is 6.61 Å². The van der Waals surface area contributed by atoms with Crippen molar-refractivity contribution in [2.24, 2.45) is 0 Å². The van der Waals surface area contributed by atoms with Gasteiger partial charge in [-0.1, -0.05) is 18.2 Å². The third-order valence-electron chi connectivity index (χ3n) is 4.68. The molecule has 0 aliphatic carbocycles. The van der Waals surface area contributed by atoms with Gasteiger partial charge in [-0.05, 0) is 55.9 Å². The van der Waals surface area contributed by atoms with E-state index in [0.29, 0.717) is 11.4 Å². The number of anilines is 2. The van der Waals surface area contributed by atoms with Crippen molar-refractivity contribution < 1.29 is 23.1 Å². The van der Waals surface area contributed by atoms with E-state index in [0.717, 1.165) is 16.7 Å². The lowest BCUT2D eigenvalue weighted by Gasteiger charge is -2.27. The molecule has 3 rings (SSSR count). The lowest BCUT2D eigenvalue weighted by atomic mass is 9.84. The average Bonchev–Trinajstić information content (AvgIpc) is 2.62. The maximum Gasteiger partial charge on any atom is 0.387 e. The lowest BCUT2D eigenvalue weighted by molar-refractivity contribution is -0.117. The summed E-state index contributed by atoms with van der Waals surface area (Å²) in [4.78, 5) is 26.1. The van der Waals surface area contributed by atoms with Crippen molar-refractivity contribution in [1.82, 2.24) is 4.90 Å². The van der Waals surface area contributed by atoms with E-state index < -0.39 is 6.61 Å². The highest BCUT2D eigenvalue weighted by Gasteiger charge is 2.27. The van der Waals surface area contributed by atoms with E-state index in [1.165, 1.54) is 12.1 Å². The Morgan fingerprint density at radius 3 is 2.59 bits per heavy atom. The molecule has 2 aromatic carbocycles. The van der Waals surface area contributed by atoms with Gasteiger partial charge in [0.2, 0.25) is 11.8 Å². The molecule has 154 valence electrons. The van der Waals surface area contributed by atoms with Crippen molar-refractivity contribution in [3.05, 3.63) is 53.1 Å². The number of rotatable bonds is 6. The first-order valence-corrected chi connectivity index (χ1v) is 9.16. The first kappa shape index (κ1) is 20.7. The molecule has 0 saturated heterocycles. The lowest BCUT2D eigenvalue weighted by Crippen LogP contribution is -2.28. The maximum atomic E-state index is 12.4. The molecule has 1 atom stereocenters. The van der Waals surface area contributed by atoms with E-state index >= 15 is 0 Å². The van der Waals surface area contributed by atoms with Gasteiger partial charge in [-0.2, -0.15) is 8.78 Å². The molecule has 0 bridgehead atoms. The molecule has 2 N–H and O–H groups in total. The van der Waals surface area contributed by atoms with Crippen LogP contribution in [0.25, 0.3) is 0 Å². The smallest absolute Gasteiger partial charge is 0.387 e. The minimum atomic E-state index is -2.88. The predicted octanol–water partition coefficient (Wildman–Crippen LogP) is 3.57. The second-order valence-corrected chi connectivity index (χ2v) is 7.29. The molecule has 1 aliphatic rings. The highest BCUT2D eigenvalue weighted by atomic mass is 19.3. The van der Waals surface area contributed by atoms with Gasteiger partial charge in [0.05, 0.1) is 6.54 Å². The van der Waals surface area contributed by atoms with E-state index in [1.807, 2.05) is 27.1 Å². The van der Waals surface area contributed by atoms with Crippen LogP contribution in [0.5, 0.6) is 5.75 Å². The number of carbonyl (C=O) groups is 2. The van der Waals surface area contributed by atoms with Crippen molar-refractivity contribution in [2.75, 3.05) is 31.3 Å². The molecule has 0 aromatic heterocycles. The third kappa shape index (κ3) is 5.08. The van der Waals surface area contributed by atoms with Gasteiger partial charge in [-0.15, -0.1) is 0 Å². The summed E-state index contributed by atoms with van der Waals surface area (Å²) in [5.74, 6) is -0.444. The number of amides is 2. The van der Waals surface area contributed by atoms with E-state index in [1.54, 1.807) is 23.1 Å². The molecule has 0 fully saturated rings. The fraction of sp³-hybridized carbons (Fsp3) is 0.333. The number of halogens is 2. The zero-order valence-electron chi connectivity index (χ0n) is 16.5. The predicted molar refractivity (Wildman–Crippen MR) is 107 cm³/mol. The summed E-state index contributed by atoms with van der Waals surface area (Å²) in [7, 11) is 3.61.